The number of carbonyl (C=O) groups excluding carboxylic acids is 1. The van der Waals surface area contributed by atoms with Gasteiger partial charge in [0.2, 0.25) is 5.91 Å². The summed E-state index contributed by atoms with van der Waals surface area (Å²) in [5.74, 6) is 0.568. The van der Waals surface area contributed by atoms with Crippen LogP contribution in [0.2, 0.25) is 0 Å². The molecule has 0 bridgehead atoms. The molecular weight excluding hydrogens is 384 g/mol. The zero-order chi connectivity index (χ0) is 20.5. The van der Waals surface area contributed by atoms with Gasteiger partial charge in [-0.15, -0.1) is 0 Å². The van der Waals surface area contributed by atoms with Crippen LogP contribution in [-0.4, -0.2) is 40.4 Å². The van der Waals surface area contributed by atoms with Gasteiger partial charge in [0, 0.05) is 18.7 Å². The molecule has 1 amide bonds. The van der Waals surface area contributed by atoms with Crippen LogP contribution >= 0.6 is 12.2 Å². The monoisotopic (exact) mass is 410 g/mol. The van der Waals surface area contributed by atoms with Crippen LogP contribution in [0.25, 0.3) is 11.4 Å². The summed E-state index contributed by atoms with van der Waals surface area (Å²) < 4.78 is 7.79. The minimum absolute atomic E-state index is 0.0966. The van der Waals surface area contributed by atoms with E-state index >= 15 is 0 Å². The number of benzene rings is 2. The van der Waals surface area contributed by atoms with E-state index in [0.29, 0.717) is 30.4 Å². The topological polar surface area (TPSA) is 71.9 Å². The zero-order valence-electron chi connectivity index (χ0n) is 16.6. The normalized spacial score (nSPS) is 10.8. The lowest BCUT2D eigenvalue weighted by Crippen LogP contribution is -2.29. The van der Waals surface area contributed by atoms with Gasteiger partial charge in [0.15, 0.2) is 10.6 Å². The quantitative estimate of drug-likeness (QED) is 0.395. The van der Waals surface area contributed by atoms with Crippen LogP contribution in [0.5, 0.6) is 0 Å². The lowest BCUT2D eigenvalue weighted by atomic mass is 10.1. The number of nitrogens with zero attached hydrogens (tertiary/aromatic N) is 2. The Labute approximate surface area is 175 Å². The lowest BCUT2D eigenvalue weighted by Gasteiger charge is -2.09. The Hall–Kier alpha value is -2.77. The minimum atomic E-state index is -0.0966. The van der Waals surface area contributed by atoms with Gasteiger partial charge in [-0.05, 0) is 43.6 Å². The van der Waals surface area contributed by atoms with Crippen molar-refractivity contribution in [2.45, 2.75) is 26.3 Å². The molecule has 1 heterocycles. The fourth-order valence-corrected chi connectivity index (χ4v) is 3.20. The summed E-state index contributed by atoms with van der Waals surface area (Å²) in [5, 5.41) is 9.98. The fourth-order valence-electron chi connectivity index (χ4n) is 3.01. The maximum Gasteiger partial charge on any atom is 0.240 e. The van der Waals surface area contributed by atoms with Crippen molar-refractivity contribution >= 4 is 18.1 Å². The SMILES string of the molecule is Cc1cccc(-c2n[nH]c(=S)n2CC(=O)NCCCOCCc2ccccc2)c1. The van der Waals surface area contributed by atoms with Crippen molar-refractivity contribution in [3.8, 4) is 11.4 Å². The highest BCUT2D eigenvalue weighted by molar-refractivity contribution is 7.71. The van der Waals surface area contributed by atoms with Crippen molar-refractivity contribution in [2.75, 3.05) is 19.8 Å². The molecule has 0 saturated carbocycles. The highest BCUT2D eigenvalue weighted by Crippen LogP contribution is 2.18. The number of aromatic amines is 1. The Balaban J connectivity index is 1.40. The van der Waals surface area contributed by atoms with Crippen LogP contribution in [0, 0.1) is 11.7 Å². The Morgan fingerprint density at radius 2 is 2.00 bits per heavy atom. The second-order valence-corrected chi connectivity index (χ2v) is 7.25. The molecule has 0 saturated heterocycles. The van der Waals surface area contributed by atoms with Gasteiger partial charge in [0.05, 0.1) is 6.61 Å². The first-order valence-electron chi connectivity index (χ1n) is 9.74. The second kappa shape index (κ2) is 10.7. The molecule has 2 aromatic carbocycles. The van der Waals surface area contributed by atoms with E-state index in [1.807, 2.05) is 49.4 Å². The Morgan fingerprint density at radius 3 is 2.79 bits per heavy atom. The molecule has 0 aliphatic heterocycles. The summed E-state index contributed by atoms with van der Waals surface area (Å²) in [4.78, 5) is 12.3. The smallest absolute Gasteiger partial charge is 0.240 e. The summed E-state index contributed by atoms with van der Waals surface area (Å²) >= 11 is 5.29. The van der Waals surface area contributed by atoms with Crippen LogP contribution in [0.3, 0.4) is 0 Å². The lowest BCUT2D eigenvalue weighted by molar-refractivity contribution is -0.121. The molecule has 7 heteroatoms. The molecular formula is C22H26N4O2S. The number of ether oxygens (including phenoxy) is 1. The number of hydrogen-bond acceptors (Lipinski definition) is 4. The van der Waals surface area contributed by atoms with Crippen molar-refractivity contribution in [1.29, 1.82) is 0 Å². The molecule has 6 nitrogen and oxygen atoms in total. The van der Waals surface area contributed by atoms with Gasteiger partial charge < -0.3 is 10.1 Å². The molecule has 1 aromatic heterocycles. The number of carbonyl (C=O) groups is 1. The van der Waals surface area contributed by atoms with Gasteiger partial charge in [-0.3, -0.25) is 14.5 Å². The summed E-state index contributed by atoms with van der Waals surface area (Å²) in [6.07, 6.45) is 1.66. The minimum Gasteiger partial charge on any atom is -0.381 e. The molecule has 0 aliphatic carbocycles. The number of nitrogens with one attached hydrogen (secondary N) is 2. The predicted octanol–water partition coefficient (Wildman–Crippen LogP) is 3.68. The van der Waals surface area contributed by atoms with Crippen molar-refractivity contribution in [2.24, 2.45) is 0 Å². The summed E-state index contributed by atoms with van der Waals surface area (Å²) in [6.45, 7) is 4.02. The molecule has 0 atom stereocenters. The van der Waals surface area contributed by atoms with Crippen LogP contribution in [0.15, 0.2) is 54.6 Å². The van der Waals surface area contributed by atoms with E-state index in [-0.39, 0.29) is 12.5 Å². The number of hydrogen-bond donors (Lipinski definition) is 2. The average molecular weight is 411 g/mol. The Bertz CT molecular complexity index is 982. The van der Waals surface area contributed by atoms with Gasteiger partial charge in [0.25, 0.3) is 0 Å². The standard InChI is InChI=1S/C22H26N4O2S/c1-17-7-5-10-19(15-17)21-24-25-22(29)26(21)16-20(27)23-12-6-13-28-14-11-18-8-3-2-4-9-18/h2-5,7-10,15H,6,11-14,16H2,1H3,(H,23,27)(H,25,29). The first-order chi connectivity index (χ1) is 14.1. The van der Waals surface area contributed by atoms with E-state index in [2.05, 4.69) is 27.6 Å². The maximum atomic E-state index is 12.3. The molecule has 152 valence electrons. The number of aryl methyl sites for hydroxylation is 1. The molecule has 0 aliphatic rings. The van der Waals surface area contributed by atoms with Crippen molar-refractivity contribution in [3.63, 3.8) is 0 Å². The molecule has 29 heavy (non-hydrogen) atoms. The third-order valence-electron chi connectivity index (χ3n) is 4.50. The van der Waals surface area contributed by atoms with Gasteiger partial charge in [-0.2, -0.15) is 5.10 Å². The van der Waals surface area contributed by atoms with Crippen LogP contribution in [0.4, 0.5) is 0 Å². The Morgan fingerprint density at radius 1 is 1.17 bits per heavy atom. The highest BCUT2D eigenvalue weighted by Gasteiger charge is 2.12. The molecule has 3 rings (SSSR count). The van der Waals surface area contributed by atoms with Crippen LogP contribution < -0.4 is 5.32 Å². The third-order valence-corrected chi connectivity index (χ3v) is 4.81. The molecule has 0 unspecified atom stereocenters. The highest BCUT2D eigenvalue weighted by atomic mass is 32.1. The van der Waals surface area contributed by atoms with E-state index < -0.39 is 0 Å². The zero-order valence-corrected chi connectivity index (χ0v) is 17.4. The molecule has 0 spiro atoms. The van der Waals surface area contributed by atoms with Crippen molar-refractivity contribution in [3.05, 3.63) is 70.5 Å². The van der Waals surface area contributed by atoms with E-state index in [1.165, 1.54) is 5.56 Å². The maximum absolute atomic E-state index is 12.3. The van der Waals surface area contributed by atoms with E-state index in [0.717, 1.165) is 24.0 Å². The molecule has 3 aromatic rings. The second-order valence-electron chi connectivity index (χ2n) is 6.86. The number of H-pyrrole nitrogens is 1. The van der Waals surface area contributed by atoms with Gasteiger partial charge in [0.1, 0.15) is 6.54 Å². The largest absolute Gasteiger partial charge is 0.381 e. The van der Waals surface area contributed by atoms with Gasteiger partial charge >= 0.3 is 0 Å². The van der Waals surface area contributed by atoms with Crippen molar-refractivity contribution < 1.29 is 9.53 Å². The number of aromatic nitrogens is 3. The van der Waals surface area contributed by atoms with Crippen LogP contribution in [-0.2, 0) is 22.5 Å². The molecule has 0 radical (unpaired) electrons. The van der Waals surface area contributed by atoms with E-state index in [4.69, 9.17) is 17.0 Å². The van der Waals surface area contributed by atoms with Crippen molar-refractivity contribution in [1.82, 2.24) is 20.1 Å². The summed E-state index contributed by atoms with van der Waals surface area (Å²) in [5.41, 5.74) is 3.32. The van der Waals surface area contributed by atoms with E-state index in [9.17, 15) is 4.79 Å². The van der Waals surface area contributed by atoms with Crippen LogP contribution in [0.1, 0.15) is 17.5 Å². The number of amides is 1. The summed E-state index contributed by atoms with van der Waals surface area (Å²) in [7, 11) is 0. The van der Waals surface area contributed by atoms with E-state index in [1.54, 1.807) is 4.57 Å². The van der Waals surface area contributed by atoms with Gasteiger partial charge in [-0.25, -0.2) is 0 Å². The first kappa shape index (κ1) is 21.0. The fraction of sp³-hybridized carbons (Fsp3) is 0.318. The van der Waals surface area contributed by atoms with Gasteiger partial charge in [-0.1, -0.05) is 54.1 Å². The first-order valence-corrected chi connectivity index (χ1v) is 10.1. The molecule has 0 fully saturated rings. The predicted molar refractivity (Wildman–Crippen MR) is 116 cm³/mol. The molecule has 2 N–H and O–H groups in total. The Kier molecular flexibility index (Phi) is 7.72. The third kappa shape index (κ3) is 6.37. The number of rotatable bonds is 10. The average Bonchev–Trinajstić information content (AvgIpc) is 3.08. The summed E-state index contributed by atoms with van der Waals surface area (Å²) in [6, 6.07) is 18.2.